The van der Waals surface area contributed by atoms with Gasteiger partial charge in [-0.2, -0.15) is 0 Å². The molecule has 0 radical (unpaired) electrons. The van der Waals surface area contributed by atoms with Crippen molar-refractivity contribution in [3.8, 4) is 0 Å². The first-order valence-corrected chi connectivity index (χ1v) is 11.3. The molecule has 0 aromatic heterocycles. The molecule has 11 heteroatoms. The van der Waals surface area contributed by atoms with Crippen molar-refractivity contribution >= 4 is 46.9 Å². The second-order valence-electron chi connectivity index (χ2n) is 8.77. The third kappa shape index (κ3) is 6.17. The molecule has 176 valence electrons. The number of hydrogen-bond donors (Lipinski definition) is 2. The van der Waals surface area contributed by atoms with E-state index in [1.165, 1.54) is 4.90 Å². The van der Waals surface area contributed by atoms with Crippen LogP contribution in [0.2, 0.25) is 10.0 Å². The number of anilines is 1. The highest BCUT2D eigenvalue weighted by Crippen LogP contribution is 2.25. The van der Waals surface area contributed by atoms with Crippen molar-refractivity contribution in [2.75, 3.05) is 51.1 Å². The van der Waals surface area contributed by atoms with Crippen LogP contribution in [0.25, 0.3) is 0 Å². The van der Waals surface area contributed by atoms with Crippen molar-refractivity contribution in [1.29, 1.82) is 0 Å². The maximum Gasteiger partial charge on any atom is 0.411 e. The van der Waals surface area contributed by atoms with Crippen LogP contribution >= 0.6 is 23.2 Å². The third-order valence-corrected chi connectivity index (χ3v) is 5.94. The van der Waals surface area contributed by atoms with E-state index in [9.17, 15) is 14.4 Å². The zero-order chi connectivity index (χ0) is 23.5. The van der Waals surface area contributed by atoms with Crippen molar-refractivity contribution in [1.82, 2.24) is 20.0 Å². The molecular formula is C21H29Cl2N5O4. The first-order valence-electron chi connectivity index (χ1n) is 10.6. The minimum Gasteiger partial charge on any atom is -0.444 e. The summed E-state index contributed by atoms with van der Waals surface area (Å²) >= 11 is 11.9. The summed E-state index contributed by atoms with van der Waals surface area (Å²) in [5.41, 5.74) is -0.0905. The second kappa shape index (κ2) is 10.1. The highest BCUT2D eigenvalue weighted by atomic mass is 35.5. The van der Waals surface area contributed by atoms with E-state index < -0.39 is 17.7 Å². The summed E-state index contributed by atoms with van der Waals surface area (Å²) in [6.45, 7) is 8.29. The van der Waals surface area contributed by atoms with E-state index in [1.54, 1.807) is 48.8 Å². The Labute approximate surface area is 197 Å². The van der Waals surface area contributed by atoms with E-state index in [1.807, 2.05) is 0 Å². The summed E-state index contributed by atoms with van der Waals surface area (Å²) < 4.78 is 5.48. The number of benzene rings is 1. The lowest BCUT2D eigenvalue weighted by atomic mass is 10.1. The summed E-state index contributed by atoms with van der Waals surface area (Å²) in [6, 6.07) is 3.97. The molecular weight excluding hydrogens is 457 g/mol. The molecule has 0 unspecified atom stereocenters. The van der Waals surface area contributed by atoms with E-state index in [4.69, 9.17) is 27.9 Å². The topological polar surface area (TPSA) is 94.2 Å². The van der Waals surface area contributed by atoms with Crippen molar-refractivity contribution in [2.45, 2.75) is 32.4 Å². The van der Waals surface area contributed by atoms with Crippen molar-refractivity contribution < 1.29 is 19.1 Å². The molecule has 2 aliphatic heterocycles. The van der Waals surface area contributed by atoms with Crippen LogP contribution in [0.1, 0.15) is 20.8 Å². The van der Waals surface area contributed by atoms with Crippen LogP contribution in [0.4, 0.5) is 15.3 Å². The number of carbonyl (C=O) groups excluding carboxylic acids is 3. The largest absolute Gasteiger partial charge is 0.444 e. The minimum atomic E-state index is -0.636. The SMILES string of the molecule is CC(C)(C)OC(=O)N1CCNC[C@@H]1C(=O)N1CCN(C(=O)Nc2ccc(Cl)c(Cl)c2)CC1. The number of halogens is 2. The zero-order valence-electron chi connectivity index (χ0n) is 18.5. The molecule has 0 bridgehead atoms. The number of hydrogen-bond acceptors (Lipinski definition) is 5. The lowest BCUT2D eigenvalue weighted by molar-refractivity contribution is -0.139. The van der Waals surface area contributed by atoms with Crippen LogP contribution in [0.15, 0.2) is 18.2 Å². The first-order chi connectivity index (χ1) is 15.0. The van der Waals surface area contributed by atoms with Crippen LogP contribution in [0.5, 0.6) is 0 Å². The number of urea groups is 1. The van der Waals surface area contributed by atoms with Gasteiger partial charge in [-0.15, -0.1) is 0 Å². The summed E-state index contributed by atoms with van der Waals surface area (Å²) in [4.78, 5) is 43.2. The van der Waals surface area contributed by atoms with E-state index >= 15 is 0 Å². The predicted octanol–water partition coefficient (Wildman–Crippen LogP) is 2.88. The average Bonchev–Trinajstić information content (AvgIpc) is 2.74. The fourth-order valence-electron chi connectivity index (χ4n) is 3.58. The van der Waals surface area contributed by atoms with E-state index in [0.29, 0.717) is 61.5 Å². The Balaban J connectivity index is 1.56. The molecule has 2 aliphatic rings. The molecule has 9 nitrogen and oxygen atoms in total. The van der Waals surface area contributed by atoms with Gasteiger partial charge in [0.05, 0.1) is 10.0 Å². The van der Waals surface area contributed by atoms with Gasteiger partial charge in [-0.1, -0.05) is 23.2 Å². The Morgan fingerprint density at radius 1 is 1.03 bits per heavy atom. The van der Waals surface area contributed by atoms with E-state index in [-0.39, 0.29) is 11.9 Å². The summed E-state index contributed by atoms with van der Waals surface area (Å²) in [7, 11) is 0. The zero-order valence-corrected chi connectivity index (χ0v) is 20.0. The molecule has 1 aromatic rings. The number of nitrogens with zero attached hydrogens (tertiary/aromatic N) is 3. The van der Waals surface area contributed by atoms with Crippen LogP contribution in [-0.4, -0.2) is 90.2 Å². The lowest BCUT2D eigenvalue weighted by Crippen LogP contribution is -2.63. The normalized spacial score (nSPS) is 19.5. The van der Waals surface area contributed by atoms with Gasteiger partial charge >= 0.3 is 12.1 Å². The number of piperazine rings is 2. The molecule has 2 heterocycles. The summed E-state index contributed by atoms with van der Waals surface area (Å²) in [5.74, 6) is -0.146. The smallest absolute Gasteiger partial charge is 0.411 e. The standard InChI is InChI=1S/C21H29Cl2N5O4/c1-21(2,3)32-20(31)28-7-6-24-13-17(28)18(29)26-8-10-27(11-9-26)19(30)25-14-4-5-15(22)16(23)12-14/h4-5,12,17,24H,6-11,13H2,1-3H3,(H,25,30)/t17-/m1/s1. The van der Waals surface area contributed by atoms with Crippen LogP contribution < -0.4 is 10.6 Å². The van der Waals surface area contributed by atoms with Gasteiger partial charge in [0, 0.05) is 51.5 Å². The minimum absolute atomic E-state index is 0.146. The molecule has 0 spiro atoms. The Morgan fingerprint density at radius 3 is 2.31 bits per heavy atom. The van der Waals surface area contributed by atoms with Gasteiger partial charge in [0.15, 0.2) is 0 Å². The average molecular weight is 486 g/mol. The molecule has 0 aliphatic carbocycles. The molecule has 4 amide bonds. The maximum absolute atomic E-state index is 13.2. The molecule has 3 rings (SSSR count). The molecule has 0 saturated carbocycles. The summed E-state index contributed by atoms with van der Waals surface area (Å²) in [6.07, 6.45) is -0.489. The monoisotopic (exact) mass is 485 g/mol. The van der Waals surface area contributed by atoms with Gasteiger partial charge < -0.3 is 25.2 Å². The molecule has 1 aromatic carbocycles. The van der Waals surface area contributed by atoms with Crippen molar-refractivity contribution in [2.24, 2.45) is 0 Å². The first kappa shape index (κ1) is 24.4. The fourth-order valence-corrected chi connectivity index (χ4v) is 3.88. The van der Waals surface area contributed by atoms with E-state index in [0.717, 1.165) is 0 Å². The predicted molar refractivity (Wildman–Crippen MR) is 123 cm³/mol. The highest BCUT2D eigenvalue weighted by Gasteiger charge is 2.38. The Bertz CT molecular complexity index is 868. The third-order valence-electron chi connectivity index (χ3n) is 5.21. The Morgan fingerprint density at radius 2 is 1.69 bits per heavy atom. The molecule has 2 saturated heterocycles. The fraction of sp³-hybridized carbons (Fsp3) is 0.571. The van der Waals surface area contributed by atoms with Gasteiger partial charge in [-0.3, -0.25) is 9.69 Å². The molecule has 2 N–H and O–H groups in total. The molecule has 1 atom stereocenters. The van der Waals surface area contributed by atoms with Crippen molar-refractivity contribution in [3.05, 3.63) is 28.2 Å². The Kier molecular flexibility index (Phi) is 7.74. The van der Waals surface area contributed by atoms with Gasteiger partial charge in [-0.05, 0) is 39.0 Å². The van der Waals surface area contributed by atoms with Crippen LogP contribution in [0.3, 0.4) is 0 Å². The van der Waals surface area contributed by atoms with Crippen LogP contribution in [-0.2, 0) is 9.53 Å². The van der Waals surface area contributed by atoms with Crippen LogP contribution in [0, 0.1) is 0 Å². The van der Waals surface area contributed by atoms with Gasteiger partial charge in [0.1, 0.15) is 11.6 Å². The van der Waals surface area contributed by atoms with Gasteiger partial charge in [0.2, 0.25) is 5.91 Å². The van der Waals surface area contributed by atoms with Crippen molar-refractivity contribution in [3.63, 3.8) is 0 Å². The van der Waals surface area contributed by atoms with Gasteiger partial charge in [-0.25, -0.2) is 9.59 Å². The number of rotatable bonds is 2. The number of ether oxygens (including phenoxy) is 1. The second-order valence-corrected chi connectivity index (χ2v) is 9.58. The van der Waals surface area contributed by atoms with E-state index in [2.05, 4.69) is 10.6 Å². The van der Waals surface area contributed by atoms with Gasteiger partial charge in [0.25, 0.3) is 0 Å². The lowest BCUT2D eigenvalue weighted by Gasteiger charge is -2.41. The number of nitrogens with one attached hydrogen (secondary N) is 2. The number of amides is 4. The summed E-state index contributed by atoms with van der Waals surface area (Å²) in [5, 5.41) is 6.73. The maximum atomic E-state index is 13.2. The molecule has 2 fully saturated rings. The highest BCUT2D eigenvalue weighted by molar-refractivity contribution is 6.42. The molecule has 32 heavy (non-hydrogen) atoms. The quantitative estimate of drug-likeness (QED) is 0.671. The Hall–Kier alpha value is -2.23. The number of carbonyl (C=O) groups is 3.